The van der Waals surface area contributed by atoms with E-state index in [0.29, 0.717) is 19.3 Å². The summed E-state index contributed by atoms with van der Waals surface area (Å²) >= 11 is 0. The molecule has 5 aliphatic rings. The number of ketones is 1. The Kier molecular flexibility index (Phi) is 4.15. The van der Waals surface area contributed by atoms with Gasteiger partial charge in [0.2, 0.25) is 0 Å². The number of rotatable bonds is 4. The summed E-state index contributed by atoms with van der Waals surface area (Å²) in [5, 5.41) is 30.8. The molecule has 1 saturated heterocycles. The summed E-state index contributed by atoms with van der Waals surface area (Å²) in [5.41, 5.74) is -0.994. The lowest BCUT2D eigenvalue weighted by Gasteiger charge is -2.60. The molecule has 0 aromatic rings. The SMILES string of the molecule is C[C@]12CC[C@H]3[C@@H](C(C(=O)O)CC4=CC(=O)C5OC5[C@@]43C)[C@@H]1CC[C@@]2(O)CCC(=O)O. The average molecular weight is 418 g/mol. The third-order valence-corrected chi connectivity index (χ3v) is 9.77. The van der Waals surface area contributed by atoms with Crippen LogP contribution in [0.4, 0.5) is 0 Å². The molecule has 0 spiro atoms. The van der Waals surface area contributed by atoms with Crippen LogP contribution in [0.1, 0.15) is 58.8 Å². The molecular weight excluding hydrogens is 388 g/mol. The summed E-state index contributed by atoms with van der Waals surface area (Å²) in [4.78, 5) is 35.8. The monoisotopic (exact) mass is 418 g/mol. The smallest absolute Gasteiger partial charge is 0.307 e. The van der Waals surface area contributed by atoms with E-state index in [-0.39, 0.29) is 54.0 Å². The van der Waals surface area contributed by atoms with E-state index in [1.807, 2.05) is 6.92 Å². The van der Waals surface area contributed by atoms with Crippen molar-refractivity contribution in [2.75, 3.05) is 0 Å². The van der Waals surface area contributed by atoms with Gasteiger partial charge in [0.05, 0.1) is 11.5 Å². The third-order valence-electron chi connectivity index (χ3n) is 9.77. The van der Waals surface area contributed by atoms with Crippen LogP contribution in [0.25, 0.3) is 0 Å². The highest BCUT2D eigenvalue weighted by atomic mass is 16.6. The number of hydrogen-bond acceptors (Lipinski definition) is 5. The molecular formula is C23H30O7. The van der Waals surface area contributed by atoms with Crippen LogP contribution >= 0.6 is 0 Å². The molecule has 0 bridgehead atoms. The van der Waals surface area contributed by atoms with Gasteiger partial charge in [0, 0.05) is 11.8 Å². The molecule has 7 nitrogen and oxygen atoms in total. The zero-order valence-corrected chi connectivity index (χ0v) is 17.5. The number of aliphatic hydroxyl groups is 1. The number of ether oxygens (including phenoxy) is 1. The summed E-state index contributed by atoms with van der Waals surface area (Å²) in [7, 11) is 0. The van der Waals surface area contributed by atoms with Gasteiger partial charge in [-0.1, -0.05) is 19.4 Å². The lowest BCUT2D eigenvalue weighted by atomic mass is 9.44. The number of epoxide rings is 1. The van der Waals surface area contributed by atoms with E-state index in [2.05, 4.69) is 6.92 Å². The second-order valence-electron chi connectivity index (χ2n) is 10.7. The molecule has 5 rings (SSSR count). The molecule has 0 aromatic heterocycles. The maximum absolute atomic E-state index is 12.3. The highest BCUT2D eigenvalue weighted by Gasteiger charge is 2.71. The van der Waals surface area contributed by atoms with Crippen molar-refractivity contribution in [3.63, 3.8) is 0 Å². The summed E-state index contributed by atoms with van der Waals surface area (Å²) in [5.74, 6) is -2.41. The van der Waals surface area contributed by atoms with Crippen molar-refractivity contribution in [3.05, 3.63) is 11.6 Å². The Morgan fingerprint density at radius 3 is 2.53 bits per heavy atom. The van der Waals surface area contributed by atoms with Crippen molar-refractivity contribution >= 4 is 17.7 Å². The van der Waals surface area contributed by atoms with Gasteiger partial charge in [0.1, 0.15) is 12.2 Å². The summed E-state index contributed by atoms with van der Waals surface area (Å²) in [6, 6.07) is 0. The van der Waals surface area contributed by atoms with Crippen LogP contribution in [-0.4, -0.2) is 50.9 Å². The molecule has 4 aliphatic carbocycles. The van der Waals surface area contributed by atoms with Crippen molar-refractivity contribution in [1.29, 1.82) is 0 Å². The van der Waals surface area contributed by atoms with Crippen LogP contribution in [0, 0.1) is 34.5 Å². The first-order valence-corrected chi connectivity index (χ1v) is 11.1. The normalized spacial score (nSPS) is 51.2. The van der Waals surface area contributed by atoms with E-state index < -0.39 is 28.9 Å². The molecule has 1 aliphatic heterocycles. The molecule has 7 heteroatoms. The molecule has 1 heterocycles. The molecule has 3 unspecified atom stereocenters. The minimum atomic E-state index is -1.08. The van der Waals surface area contributed by atoms with Gasteiger partial charge in [-0.05, 0) is 67.8 Å². The summed E-state index contributed by atoms with van der Waals surface area (Å²) in [6.07, 6.45) is 4.28. The standard InChI is InChI=1S/C23H30O7/c1-21-6-3-14-17(13(21)4-7-23(21,29)8-5-16(25)26)12(20(27)28)9-11-10-15(24)18-19(30-18)22(11,14)2/h10,12-14,17-19,29H,3-9H2,1-2H3,(H,25,26)(H,27,28)/t12?,13-,14-,17-,18?,19?,21-,22-,23+/m0/s1. The zero-order chi connectivity index (χ0) is 21.6. The Morgan fingerprint density at radius 2 is 1.87 bits per heavy atom. The lowest BCUT2D eigenvalue weighted by molar-refractivity contribution is -0.167. The Hall–Kier alpha value is -1.73. The Bertz CT molecular complexity index is 864. The molecule has 0 aromatic carbocycles. The third kappa shape index (κ3) is 2.42. The molecule has 30 heavy (non-hydrogen) atoms. The highest BCUT2D eigenvalue weighted by Crippen LogP contribution is 2.70. The van der Waals surface area contributed by atoms with E-state index >= 15 is 0 Å². The Morgan fingerprint density at radius 1 is 1.17 bits per heavy atom. The van der Waals surface area contributed by atoms with E-state index in [4.69, 9.17) is 9.84 Å². The van der Waals surface area contributed by atoms with Crippen molar-refractivity contribution in [2.45, 2.75) is 76.6 Å². The van der Waals surface area contributed by atoms with E-state index in [9.17, 15) is 24.6 Å². The second kappa shape index (κ2) is 6.16. The lowest BCUT2D eigenvalue weighted by Crippen LogP contribution is -2.59. The van der Waals surface area contributed by atoms with Gasteiger partial charge in [0.25, 0.3) is 0 Å². The molecule has 4 fully saturated rings. The molecule has 0 amide bonds. The molecule has 3 N–H and O–H groups in total. The first-order valence-electron chi connectivity index (χ1n) is 11.1. The maximum atomic E-state index is 12.3. The number of carboxylic acids is 2. The molecule has 164 valence electrons. The highest BCUT2D eigenvalue weighted by molar-refractivity contribution is 5.98. The topological polar surface area (TPSA) is 124 Å². The quantitative estimate of drug-likeness (QED) is 0.599. The van der Waals surface area contributed by atoms with Crippen LogP contribution in [0.2, 0.25) is 0 Å². The van der Waals surface area contributed by atoms with E-state index in [1.165, 1.54) is 0 Å². The summed E-state index contributed by atoms with van der Waals surface area (Å²) < 4.78 is 5.79. The van der Waals surface area contributed by atoms with Gasteiger partial charge >= 0.3 is 11.9 Å². The molecule has 9 atom stereocenters. The zero-order valence-electron chi connectivity index (χ0n) is 17.5. The first kappa shape index (κ1) is 20.2. The predicted molar refractivity (Wildman–Crippen MR) is 104 cm³/mol. The van der Waals surface area contributed by atoms with Crippen molar-refractivity contribution in [3.8, 4) is 0 Å². The average Bonchev–Trinajstić information content (AvgIpc) is 3.44. The van der Waals surface area contributed by atoms with Crippen LogP contribution in [0.3, 0.4) is 0 Å². The van der Waals surface area contributed by atoms with Gasteiger partial charge in [-0.3, -0.25) is 14.4 Å². The van der Waals surface area contributed by atoms with E-state index in [0.717, 1.165) is 18.4 Å². The number of carboxylic acid groups (broad SMARTS) is 2. The fourth-order valence-electron chi connectivity index (χ4n) is 8.02. The number of hydrogen-bond donors (Lipinski definition) is 3. The van der Waals surface area contributed by atoms with E-state index in [1.54, 1.807) is 6.08 Å². The summed E-state index contributed by atoms with van der Waals surface area (Å²) in [6.45, 7) is 4.18. The van der Waals surface area contributed by atoms with Crippen molar-refractivity contribution < 1.29 is 34.4 Å². The fraction of sp³-hybridized carbons (Fsp3) is 0.783. The molecule has 0 radical (unpaired) electrons. The predicted octanol–water partition coefficient (Wildman–Crippen LogP) is 2.41. The van der Waals surface area contributed by atoms with Gasteiger partial charge < -0.3 is 20.1 Å². The largest absolute Gasteiger partial charge is 0.481 e. The minimum absolute atomic E-state index is 0.0179. The van der Waals surface area contributed by atoms with Crippen LogP contribution in [-0.2, 0) is 19.1 Å². The van der Waals surface area contributed by atoms with Gasteiger partial charge in [-0.2, -0.15) is 0 Å². The number of carbonyl (C=O) groups excluding carboxylic acids is 1. The fourth-order valence-corrected chi connectivity index (χ4v) is 8.02. The van der Waals surface area contributed by atoms with Crippen molar-refractivity contribution in [2.24, 2.45) is 34.5 Å². The number of fused-ring (bicyclic) bond motifs is 7. The van der Waals surface area contributed by atoms with Crippen LogP contribution in [0.15, 0.2) is 11.6 Å². The number of carbonyl (C=O) groups is 3. The number of aliphatic carboxylic acids is 2. The van der Waals surface area contributed by atoms with Crippen LogP contribution < -0.4 is 0 Å². The maximum Gasteiger partial charge on any atom is 0.307 e. The van der Waals surface area contributed by atoms with Crippen molar-refractivity contribution in [1.82, 2.24) is 0 Å². The van der Waals surface area contributed by atoms with Crippen LogP contribution in [0.5, 0.6) is 0 Å². The Labute approximate surface area is 175 Å². The second-order valence-corrected chi connectivity index (χ2v) is 10.7. The van der Waals surface area contributed by atoms with Gasteiger partial charge in [0.15, 0.2) is 5.78 Å². The minimum Gasteiger partial charge on any atom is -0.481 e. The molecule has 3 saturated carbocycles. The van der Waals surface area contributed by atoms with Gasteiger partial charge in [-0.25, -0.2) is 0 Å². The first-order chi connectivity index (χ1) is 14.0. The Balaban J connectivity index is 1.54. The van der Waals surface area contributed by atoms with Gasteiger partial charge in [-0.15, -0.1) is 0 Å².